The van der Waals surface area contributed by atoms with Crippen molar-refractivity contribution in [3.63, 3.8) is 0 Å². The summed E-state index contributed by atoms with van der Waals surface area (Å²) in [6, 6.07) is 7.12. The van der Waals surface area contributed by atoms with Crippen LogP contribution in [0.5, 0.6) is 0 Å². The first kappa shape index (κ1) is 13.9. The molecule has 3 N–H and O–H groups in total. The van der Waals surface area contributed by atoms with E-state index in [0.717, 1.165) is 25.1 Å². The zero-order valence-electron chi connectivity index (χ0n) is 11.9. The first-order valence-corrected chi connectivity index (χ1v) is 6.83. The fraction of sp³-hybridized carbons (Fsp3) is 0.533. The molecule has 4 nitrogen and oxygen atoms in total. The van der Waals surface area contributed by atoms with Crippen LogP contribution in [0.1, 0.15) is 33.6 Å². The van der Waals surface area contributed by atoms with Crippen LogP contribution in [-0.4, -0.2) is 28.9 Å². The van der Waals surface area contributed by atoms with Crippen LogP contribution in [0.2, 0.25) is 0 Å². The minimum atomic E-state index is -0.116. The van der Waals surface area contributed by atoms with Gasteiger partial charge in [0, 0.05) is 16.9 Å². The number of hydrogen-bond donors (Lipinski definition) is 2. The molecule has 0 aliphatic carbocycles. The second-order valence-corrected chi connectivity index (χ2v) is 5.90. The maximum atomic E-state index is 12.3. The Labute approximate surface area is 115 Å². The molecular weight excluding hydrogens is 238 g/mol. The lowest BCUT2D eigenvalue weighted by Crippen LogP contribution is -2.49. The van der Waals surface area contributed by atoms with Crippen LogP contribution in [0.4, 0.5) is 11.4 Å². The minimum Gasteiger partial charge on any atom is -0.399 e. The Morgan fingerprint density at radius 2 is 2.00 bits per heavy atom. The number of nitrogens with one attached hydrogen (secondary N) is 1. The Hall–Kier alpha value is -1.55. The monoisotopic (exact) mass is 261 g/mol. The van der Waals surface area contributed by atoms with Gasteiger partial charge in [-0.3, -0.25) is 9.69 Å². The van der Waals surface area contributed by atoms with Gasteiger partial charge < -0.3 is 11.1 Å². The summed E-state index contributed by atoms with van der Waals surface area (Å²) in [6.45, 7) is 7.36. The largest absolute Gasteiger partial charge is 0.399 e. The van der Waals surface area contributed by atoms with Gasteiger partial charge in [-0.05, 0) is 64.4 Å². The number of anilines is 2. The Morgan fingerprint density at radius 3 is 2.53 bits per heavy atom. The molecule has 1 aromatic carbocycles. The fourth-order valence-electron chi connectivity index (χ4n) is 2.80. The number of nitrogens with zero attached hydrogens (tertiary/aromatic N) is 1. The van der Waals surface area contributed by atoms with Gasteiger partial charge in [-0.2, -0.15) is 0 Å². The maximum Gasteiger partial charge on any atom is 0.241 e. The van der Waals surface area contributed by atoms with Gasteiger partial charge in [-0.1, -0.05) is 0 Å². The van der Waals surface area contributed by atoms with E-state index in [1.165, 1.54) is 0 Å². The van der Waals surface area contributed by atoms with Crippen LogP contribution in [0, 0.1) is 0 Å². The van der Waals surface area contributed by atoms with Crippen LogP contribution < -0.4 is 11.1 Å². The lowest BCUT2D eigenvalue weighted by Gasteiger charge is -2.35. The maximum absolute atomic E-state index is 12.3. The van der Waals surface area contributed by atoms with Gasteiger partial charge in [0.15, 0.2) is 0 Å². The van der Waals surface area contributed by atoms with Crippen molar-refractivity contribution in [3.05, 3.63) is 24.3 Å². The highest BCUT2D eigenvalue weighted by Crippen LogP contribution is 2.30. The van der Waals surface area contributed by atoms with Crippen molar-refractivity contribution in [2.24, 2.45) is 0 Å². The smallest absolute Gasteiger partial charge is 0.241 e. The van der Waals surface area contributed by atoms with Gasteiger partial charge >= 0.3 is 0 Å². The van der Waals surface area contributed by atoms with E-state index in [1.807, 2.05) is 19.1 Å². The molecule has 0 bridgehead atoms. The highest BCUT2D eigenvalue weighted by atomic mass is 16.2. The molecule has 0 aromatic heterocycles. The van der Waals surface area contributed by atoms with Gasteiger partial charge in [0.25, 0.3) is 0 Å². The van der Waals surface area contributed by atoms with Crippen LogP contribution in [-0.2, 0) is 4.79 Å². The summed E-state index contributed by atoms with van der Waals surface area (Å²) in [7, 11) is 0. The molecule has 19 heavy (non-hydrogen) atoms. The predicted molar refractivity (Wildman–Crippen MR) is 79.0 cm³/mol. The molecule has 0 saturated carbocycles. The van der Waals surface area contributed by atoms with Crippen molar-refractivity contribution in [1.82, 2.24) is 4.90 Å². The third-order valence-corrected chi connectivity index (χ3v) is 3.99. The first-order chi connectivity index (χ1) is 8.90. The van der Waals surface area contributed by atoms with Crippen molar-refractivity contribution < 1.29 is 4.79 Å². The summed E-state index contributed by atoms with van der Waals surface area (Å²) in [5.74, 6) is 0.0414. The van der Waals surface area contributed by atoms with Crippen LogP contribution in [0.15, 0.2) is 24.3 Å². The summed E-state index contributed by atoms with van der Waals surface area (Å²) >= 11 is 0. The molecule has 4 heteroatoms. The van der Waals surface area contributed by atoms with Crippen LogP contribution in [0.3, 0.4) is 0 Å². The molecular formula is C15H23N3O. The third kappa shape index (κ3) is 3.07. The van der Waals surface area contributed by atoms with Crippen molar-refractivity contribution in [2.45, 2.75) is 45.2 Å². The highest BCUT2D eigenvalue weighted by molar-refractivity contribution is 5.94. The molecule has 1 aromatic rings. The minimum absolute atomic E-state index is 0.0414. The second kappa shape index (κ2) is 5.21. The summed E-state index contributed by atoms with van der Waals surface area (Å²) in [5, 5.41) is 2.95. The molecule has 1 saturated heterocycles. The summed E-state index contributed by atoms with van der Waals surface area (Å²) in [4.78, 5) is 14.6. The third-order valence-electron chi connectivity index (χ3n) is 3.99. The van der Waals surface area contributed by atoms with Gasteiger partial charge in [0.05, 0.1) is 6.04 Å². The summed E-state index contributed by atoms with van der Waals surface area (Å²) in [5.41, 5.74) is 7.24. The number of nitrogen functional groups attached to an aromatic ring is 1. The number of carbonyl (C=O) groups excluding carboxylic acids is 1. The Kier molecular flexibility index (Phi) is 3.80. The van der Waals surface area contributed by atoms with Gasteiger partial charge in [0.2, 0.25) is 5.91 Å². The molecule has 104 valence electrons. The van der Waals surface area contributed by atoms with Crippen molar-refractivity contribution in [3.8, 4) is 0 Å². The molecule has 1 unspecified atom stereocenters. The average molecular weight is 261 g/mol. The molecule has 1 fully saturated rings. The number of nitrogens with two attached hydrogens (primary N) is 1. The quantitative estimate of drug-likeness (QED) is 0.822. The molecule has 1 atom stereocenters. The van der Waals surface area contributed by atoms with Gasteiger partial charge in [-0.15, -0.1) is 0 Å². The van der Waals surface area contributed by atoms with Crippen LogP contribution in [0.25, 0.3) is 0 Å². The zero-order chi connectivity index (χ0) is 14.0. The number of hydrogen-bond acceptors (Lipinski definition) is 3. The Balaban J connectivity index is 2.01. The summed E-state index contributed by atoms with van der Waals surface area (Å²) < 4.78 is 0. The molecule has 2 rings (SSSR count). The predicted octanol–water partition coefficient (Wildman–Crippen LogP) is 2.47. The number of likely N-dealkylation sites (tertiary alicyclic amines) is 1. The normalized spacial score (nSPS) is 20.2. The molecule has 0 radical (unpaired) electrons. The van der Waals surface area contributed by atoms with Crippen LogP contribution >= 0.6 is 0 Å². The van der Waals surface area contributed by atoms with E-state index in [0.29, 0.717) is 5.69 Å². The Morgan fingerprint density at radius 1 is 1.37 bits per heavy atom. The standard InChI is InChI=1S/C15H23N3O/c1-11(18-10-4-9-15(18,2)3)14(19)17-13-7-5-12(16)6-8-13/h5-8,11H,4,9-10,16H2,1-3H3,(H,17,19). The van der Waals surface area contributed by atoms with Gasteiger partial charge in [0.1, 0.15) is 0 Å². The van der Waals surface area contributed by atoms with E-state index in [2.05, 4.69) is 24.1 Å². The van der Waals surface area contributed by atoms with E-state index in [1.54, 1.807) is 12.1 Å². The second-order valence-electron chi connectivity index (χ2n) is 5.90. The van der Waals surface area contributed by atoms with Gasteiger partial charge in [-0.25, -0.2) is 0 Å². The van der Waals surface area contributed by atoms with E-state index in [9.17, 15) is 4.79 Å². The molecule has 1 heterocycles. The van der Waals surface area contributed by atoms with Crippen molar-refractivity contribution in [1.29, 1.82) is 0 Å². The van der Waals surface area contributed by atoms with E-state index < -0.39 is 0 Å². The topological polar surface area (TPSA) is 58.4 Å². The van der Waals surface area contributed by atoms with Crippen molar-refractivity contribution >= 4 is 17.3 Å². The lowest BCUT2D eigenvalue weighted by atomic mass is 10.0. The highest BCUT2D eigenvalue weighted by Gasteiger charge is 2.37. The van der Waals surface area contributed by atoms with Crippen molar-refractivity contribution in [2.75, 3.05) is 17.6 Å². The number of amides is 1. The summed E-state index contributed by atoms with van der Waals surface area (Å²) in [6.07, 6.45) is 2.30. The first-order valence-electron chi connectivity index (χ1n) is 6.83. The number of carbonyl (C=O) groups is 1. The fourth-order valence-corrected chi connectivity index (χ4v) is 2.80. The van der Waals surface area contributed by atoms with E-state index >= 15 is 0 Å². The zero-order valence-corrected chi connectivity index (χ0v) is 11.9. The number of benzene rings is 1. The van der Waals surface area contributed by atoms with E-state index in [4.69, 9.17) is 5.73 Å². The SMILES string of the molecule is CC(C(=O)Nc1ccc(N)cc1)N1CCCC1(C)C. The number of rotatable bonds is 3. The lowest BCUT2D eigenvalue weighted by molar-refractivity contribution is -0.122. The van der Waals surface area contributed by atoms with E-state index in [-0.39, 0.29) is 17.5 Å². The molecule has 1 aliphatic heterocycles. The average Bonchev–Trinajstić information content (AvgIpc) is 2.71. The molecule has 0 spiro atoms. The molecule has 1 aliphatic rings. The Bertz CT molecular complexity index is 453. The molecule has 1 amide bonds.